The molecular weight excluding hydrogens is 559 g/mol. The Morgan fingerprint density at radius 1 is 1.23 bits per heavy atom. The van der Waals surface area contributed by atoms with Crippen LogP contribution in [0.15, 0.2) is 46.1 Å². The fraction of sp³-hybridized carbons (Fsp3) is 0.263. The highest BCUT2D eigenvalue weighted by atomic mass is 32.2. The Labute approximate surface area is 216 Å². The van der Waals surface area contributed by atoms with Crippen LogP contribution in [0.2, 0.25) is 0 Å². The number of rotatable bonds is 11. The number of hydroxylamine groups is 1. The highest BCUT2D eigenvalue weighted by Gasteiger charge is 2.43. The van der Waals surface area contributed by atoms with Gasteiger partial charge in [0.2, 0.25) is 11.9 Å². The second-order valence-electron chi connectivity index (χ2n) is 7.36. The van der Waals surface area contributed by atoms with Gasteiger partial charge in [-0.1, -0.05) is 12.1 Å². The number of anilines is 1. The normalized spacial score (nSPS) is 12.2. The van der Waals surface area contributed by atoms with E-state index < -0.39 is 72.4 Å². The van der Waals surface area contributed by atoms with Gasteiger partial charge in [-0.2, -0.15) is 13.2 Å². The summed E-state index contributed by atoms with van der Waals surface area (Å²) in [5, 5.41) is 20.4. The van der Waals surface area contributed by atoms with E-state index >= 15 is 0 Å². The Kier molecular flexibility index (Phi) is 9.55. The molecule has 0 fully saturated rings. The number of hydrogen-bond donors (Lipinski definition) is 5. The van der Waals surface area contributed by atoms with Crippen LogP contribution in [-0.4, -0.2) is 55.2 Å². The number of carbonyl (C=O) groups excluding carboxylic acids is 2. The topological polar surface area (TPSA) is 238 Å². The van der Waals surface area contributed by atoms with Gasteiger partial charge in [-0.05, 0) is 25.1 Å². The lowest BCUT2D eigenvalue weighted by Gasteiger charge is -2.19. The summed E-state index contributed by atoms with van der Waals surface area (Å²) in [7, 11) is -4.85. The van der Waals surface area contributed by atoms with Gasteiger partial charge in [0.05, 0.1) is 23.1 Å². The predicted molar refractivity (Wildman–Crippen MR) is 125 cm³/mol. The van der Waals surface area contributed by atoms with Crippen LogP contribution in [0.25, 0.3) is 0 Å². The van der Waals surface area contributed by atoms with E-state index in [-0.39, 0.29) is 17.9 Å². The molecule has 0 aliphatic carbocycles. The minimum absolute atomic E-state index is 0.191. The largest absolute Gasteiger partial charge is 0.493 e. The number of halogens is 3. The van der Waals surface area contributed by atoms with E-state index in [2.05, 4.69) is 10.2 Å². The van der Waals surface area contributed by atoms with E-state index in [4.69, 9.17) is 16.0 Å². The van der Waals surface area contributed by atoms with Gasteiger partial charge in [0.15, 0.2) is 4.90 Å². The summed E-state index contributed by atoms with van der Waals surface area (Å²) in [5.74, 6) is -5.71. The zero-order valence-electron chi connectivity index (χ0n) is 19.6. The Balaban J connectivity index is 2.45. The number of carbonyl (C=O) groups is 2. The first-order valence-electron chi connectivity index (χ1n) is 10.4. The van der Waals surface area contributed by atoms with Crippen LogP contribution in [0.3, 0.4) is 0 Å². The van der Waals surface area contributed by atoms with Crippen molar-refractivity contribution >= 4 is 39.2 Å². The number of nitrogens with two attached hydrogens (primary N) is 1. The summed E-state index contributed by atoms with van der Waals surface area (Å²) in [6.07, 6.45) is -5.58. The zero-order valence-corrected chi connectivity index (χ0v) is 20.5. The highest BCUT2D eigenvalue weighted by molar-refractivity contribution is 7.92. The third-order valence-electron chi connectivity index (χ3n) is 4.59. The third-order valence-corrected chi connectivity index (χ3v) is 6.01. The Bertz CT molecular complexity index is 1440. The van der Waals surface area contributed by atoms with E-state index in [0.29, 0.717) is 0 Å². The van der Waals surface area contributed by atoms with Gasteiger partial charge >= 0.3 is 17.7 Å². The molecule has 2 rings (SSSR count). The molecule has 0 saturated heterocycles. The zero-order chi connectivity index (χ0) is 29.5. The van der Waals surface area contributed by atoms with Crippen molar-refractivity contribution in [3.8, 4) is 0 Å². The number of nitro benzene ring substituents is 1. The van der Waals surface area contributed by atoms with Crippen molar-refractivity contribution in [3.05, 3.63) is 62.6 Å². The number of guanidine groups is 1. The van der Waals surface area contributed by atoms with Gasteiger partial charge in [-0.3, -0.25) is 34.7 Å². The number of amides is 1. The van der Waals surface area contributed by atoms with Crippen molar-refractivity contribution in [2.24, 2.45) is 5.73 Å². The van der Waals surface area contributed by atoms with Crippen LogP contribution in [0.4, 0.5) is 24.5 Å². The summed E-state index contributed by atoms with van der Waals surface area (Å²) in [6.45, 7) is 0.734. The lowest BCUT2D eigenvalue weighted by atomic mass is 10.1. The van der Waals surface area contributed by atoms with Gasteiger partial charge < -0.3 is 15.9 Å². The molecule has 1 unspecified atom stereocenters. The van der Waals surface area contributed by atoms with Crippen molar-refractivity contribution in [2.45, 2.75) is 23.9 Å². The maximum absolute atomic E-state index is 12.9. The molecule has 0 saturated carbocycles. The molecule has 1 amide bonds. The maximum atomic E-state index is 12.9. The summed E-state index contributed by atoms with van der Waals surface area (Å²) in [4.78, 5) is 55.1. The number of hydrogen-bond acceptors (Lipinski definition) is 10. The number of para-hydroxylation sites is 1. The summed E-state index contributed by atoms with van der Waals surface area (Å²) in [5.41, 5.74) is 2.94. The molecule has 1 aromatic carbocycles. The number of alkyl halides is 3. The summed E-state index contributed by atoms with van der Waals surface area (Å²) < 4.78 is 65.6. The van der Waals surface area contributed by atoms with Gasteiger partial charge in [-0.25, -0.2) is 18.7 Å². The smallest absolute Gasteiger partial charge is 0.368 e. The number of benzene rings is 1. The lowest BCUT2D eigenvalue weighted by molar-refractivity contribution is -0.387. The van der Waals surface area contributed by atoms with Gasteiger partial charge in [0.25, 0.3) is 15.7 Å². The number of pyridine rings is 1. The maximum Gasteiger partial charge on any atom is 0.493 e. The number of nitro groups is 1. The quantitative estimate of drug-likeness (QED) is 0.0762. The molecule has 0 aliphatic rings. The van der Waals surface area contributed by atoms with Crippen molar-refractivity contribution in [2.75, 3.05) is 17.9 Å². The highest BCUT2D eigenvalue weighted by Crippen LogP contribution is 2.25. The summed E-state index contributed by atoms with van der Waals surface area (Å²) >= 11 is 0. The number of aromatic nitrogens is 1. The van der Waals surface area contributed by atoms with Crippen LogP contribution in [0, 0.1) is 15.5 Å². The van der Waals surface area contributed by atoms with E-state index in [1.54, 1.807) is 4.72 Å². The van der Waals surface area contributed by atoms with Gasteiger partial charge in [-0.15, -0.1) is 4.73 Å². The molecule has 212 valence electrons. The second-order valence-corrected chi connectivity index (χ2v) is 9.01. The van der Waals surface area contributed by atoms with E-state index in [0.717, 1.165) is 37.3 Å². The molecule has 1 atom stereocenters. The molecule has 0 spiro atoms. The lowest BCUT2D eigenvalue weighted by Crippen LogP contribution is -2.42. The van der Waals surface area contributed by atoms with Crippen LogP contribution < -0.4 is 31.6 Å². The van der Waals surface area contributed by atoms with E-state index in [1.165, 1.54) is 6.07 Å². The van der Waals surface area contributed by atoms with E-state index in [1.807, 2.05) is 5.48 Å². The van der Waals surface area contributed by atoms with Crippen molar-refractivity contribution in [1.82, 2.24) is 15.5 Å². The van der Waals surface area contributed by atoms with Crippen LogP contribution in [0.5, 0.6) is 0 Å². The van der Waals surface area contributed by atoms with Gasteiger partial charge in [0, 0.05) is 12.6 Å². The summed E-state index contributed by atoms with van der Waals surface area (Å²) in [6, 6.07) is 5.64. The molecular formula is C19H20F3N7O9S. The average molecular weight is 579 g/mol. The molecule has 0 bridgehead atoms. The van der Waals surface area contributed by atoms with E-state index in [9.17, 15) is 46.1 Å². The Morgan fingerprint density at radius 3 is 2.46 bits per heavy atom. The number of nitrogens with one attached hydrogen (secondary N) is 4. The van der Waals surface area contributed by atoms with Crippen LogP contribution in [-0.2, 0) is 24.4 Å². The fourth-order valence-corrected chi connectivity index (χ4v) is 4.07. The predicted octanol–water partition coefficient (Wildman–Crippen LogP) is -0.291. The molecule has 2 aromatic rings. The Hall–Kier alpha value is -4.72. The molecule has 6 N–H and O–H groups in total. The molecule has 39 heavy (non-hydrogen) atoms. The van der Waals surface area contributed by atoms with Crippen molar-refractivity contribution in [3.63, 3.8) is 0 Å². The second kappa shape index (κ2) is 12.2. The minimum Gasteiger partial charge on any atom is -0.368 e. The monoisotopic (exact) mass is 579 g/mol. The SMILES string of the molecule is CC(C(=O)NCCONC(=N)N)c1ccc(NS(=O)(=O)c2ccccc2[N+](=O)[O-])c(=O)n1OC(=O)C(F)(F)F. The fourth-order valence-electron chi connectivity index (χ4n) is 2.84. The molecule has 0 radical (unpaired) electrons. The minimum atomic E-state index is -5.58. The first-order valence-corrected chi connectivity index (χ1v) is 11.9. The average Bonchev–Trinajstić information content (AvgIpc) is 2.84. The number of sulfonamides is 1. The standard InChI is InChI=1S/C19H20F3N7O9S/c1-10(15(30)25-8-9-37-26-18(23)24)12-7-6-11(16(31)28(12)38-17(32)19(20,21)22)27-39(35,36)14-5-3-2-4-13(14)29(33)34/h2-7,10,27H,8-9H2,1H3,(H,25,30)(H4,23,24,26). The van der Waals surface area contributed by atoms with Crippen LogP contribution in [0.1, 0.15) is 18.5 Å². The molecule has 16 nitrogen and oxygen atoms in total. The van der Waals surface area contributed by atoms with Crippen LogP contribution >= 0.6 is 0 Å². The molecule has 1 heterocycles. The van der Waals surface area contributed by atoms with Crippen molar-refractivity contribution in [1.29, 1.82) is 5.41 Å². The molecule has 0 aliphatic heterocycles. The first kappa shape index (κ1) is 30.5. The van der Waals surface area contributed by atoms with Gasteiger partial charge in [0.1, 0.15) is 5.69 Å². The third kappa shape index (κ3) is 7.88. The first-order chi connectivity index (χ1) is 18.1. The number of nitrogens with zero attached hydrogens (tertiary/aromatic N) is 2. The molecule has 20 heteroatoms. The van der Waals surface area contributed by atoms with Crippen molar-refractivity contribution < 1.29 is 45.8 Å². The Morgan fingerprint density at radius 2 is 1.87 bits per heavy atom. The molecule has 1 aromatic heterocycles.